The molecule has 3 heteroatoms. The molecule has 552 valence electrons. The van der Waals surface area contributed by atoms with Gasteiger partial charge in [-0.1, -0.05) is 508 Å². The van der Waals surface area contributed by atoms with Gasteiger partial charge in [0.15, 0.2) is 0 Å². The summed E-state index contributed by atoms with van der Waals surface area (Å²) in [5, 5.41) is 0. The highest BCUT2D eigenvalue weighted by atomic mass is 32.2. The summed E-state index contributed by atoms with van der Waals surface area (Å²) in [5.41, 5.74) is 0. The molecule has 0 amide bonds. The minimum absolute atomic E-state index is 1.29. The Morgan fingerprint density at radius 3 is 0.409 bits per heavy atom. The highest BCUT2D eigenvalue weighted by Crippen LogP contribution is 2.40. The molecule has 93 heavy (non-hydrogen) atoms. The fourth-order valence-corrected chi connectivity index (χ4v) is 18.4. The van der Waals surface area contributed by atoms with Gasteiger partial charge in [-0.2, -0.15) is 0 Å². The van der Waals surface area contributed by atoms with Gasteiger partial charge in [0, 0.05) is 14.7 Å². The zero-order valence-electron chi connectivity index (χ0n) is 64.7. The summed E-state index contributed by atoms with van der Waals surface area (Å²) < 4.78 is 0. The Morgan fingerprint density at radius 1 is 0.151 bits per heavy atom. The summed E-state index contributed by atoms with van der Waals surface area (Å²) in [4.78, 5) is 4.81. The maximum Gasteiger partial charge on any atom is 0.0344 e. The normalized spacial score (nSPS) is 11.8. The van der Waals surface area contributed by atoms with Crippen molar-refractivity contribution in [2.24, 2.45) is 0 Å². The van der Waals surface area contributed by atoms with Gasteiger partial charge in [-0.25, -0.2) is 0 Å². The molecule has 0 heterocycles. The third kappa shape index (κ3) is 73.3. The minimum Gasteiger partial charge on any atom is -0.125 e. The van der Waals surface area contributed by atoms with Crippen molar-refractivity contribution in [3.63, 3.8) is 0 Å². The van der Waals surface area contributed by atoms with Crippen LogP contribution in [0.25, 0.3) is 0 Å². The lowest BCUT2D eigenvalue weighted by molar-refractivity contribution is 0.516. The molecule has 0 fully saturated rings. The molecule has 0 aliphatic heterocycles. The standard InChI is InChI=1S/C90H174S3/c1-4-7-10-13-16-19-22-25-28-31-34-37-40-43-46-49-52-55-58-61-64-67-70-73-76-79-85-91-88-83-82-84-89(92-86-80-77-74-71-68-65-62-59-56-53-50-47-44-41-38-35-32-29-26-23-20-17-14-11-8-5-2)90(88)93-87-81-78-75-72-69-66-63-60-57-54-51-48-45-42-39-36-33-30-27-24-21-18-15-12-9-6-3/h82-84H,4-81,85-87H2,1-3H3. The molecule has 0 aromatic heterocycles. The molecule has 0 unspecified atom stereocenters. The lowest BCUT2D eigenvalue weighted by Crippen LogP contribution is -1.91. The predicted molar refractivity (Wildman–Crippen MR) is 436 cm³/mol. The van der Waals surface area contributed by atoms with Crippen molar-refractivity contribution in [2.75, 3.05) is 17.3 Å². The van der Waals surface area contributed by atoms with Crippen molar-refractivity contribution in [3.8, 4) is 0 Å². The molecular weight excluding hydrogens is 1180 g/mol. The van der Waals surface area contributed by atoms with Gasteiger partial charge in [0.05, 0.1) is 0 Å². The lowest BCUT2D eigenvalue weighted by atomic mass is 10.0. The van der Waals surface area contributed by atoms with Crippen LogP contribution >= 0.6 is 35.3 Å². The Labute approximate surface area is 602 Å². The fourth-order valence-electron chi connectivity index (χ4n) is 14.7. The van der Waals surface area contributed by atoms with E-state index in [1.54, 1.807) is 14.7 Å². The van der Waals surface area contributed by atoms with Crippen LogP contribution in [0.4, 0.5) is 0 Å². The SMILES string of the molecule is CCCCCCCCCCCCCCCCCCCCCCCCCCCCSc1cccc(SCCCCCCCCCCCCCCCCCCCCCCCCCCCC)c1SCCCCCCCCCCCCCCCCCCCCCCCCCCCC. The van der Waals surface area contributed by atoms with Crippen LogP contribution in [0.1, 0.15) is 522 Å². The molecule has 0 aliphatic carbocycles. The molecule has 0 nitrogen and oxygen atoms in total. The molecule has 1 rings (SSSR count). The number of benzene rings is 1. The summed E-state index contributed by atoms with van der Waals surface area (Å²) in [5.74, 6) is 3.88. The van der Waals surface area contributed by atoms with Gasteiger partial charge in [-0.3, -0.25) is 0 Å². The summed E-state index contributed by atoms with van der Waals surface area (Å²) in [7, 11) is 0. The van der Waals surface area contributed by atoms with E-state index in [0.717, 1.165) is 0 Å². The quantitative estimate of drug-likeness (QED) is 0.0471. The van der Waals surface area contributed by atoms with E-state index in [2.05, 4.69) is 74.3 Å². The first-order valence-corrected chi connectivity index (χ1v) is 47.3. The molecule has 0 aliphatic rings. The topological polar surface area (TPSA) is 0 Å². The Bertz CT molecular complexity index is 1400. The molecule has 1 aromatic carbocycles. The summed E-state index contributed by atoms with van der Waals surface area (Å²) in [6.45, 7) is 6.96. The molecule has 0 bridgehead atoms. The maximum atomic E-state index is 2.47. The first kappa shape index (κ1) is 91.3. The van der Waals surface area contributed by atoms with Crippen molar-refractivity contribution in [2.45, 2.75) is 536 Å². The average Bonchev–Trinajstić information content (AvgIpc) is 3.10. The second-order valence-corrected chi connectivity index (χ2v) is 34.0. The zero-order chi connectivity index (χ0) is 66.3. The lowest BCUT2D eigenvalue weighted by Gasteiger charge is -2.14. The molecule has 0 saturated heterocycles. The number of thioether (sulfide) groups is 3. The Balaban J connectivity index is 2.21. The maximum absolute atomic E-state index is 2.47. The van der Waals surface area contributed by atoms with Gasteiger partial charge < -0.3 is 0 Å². The van der Waals surface area contributed by atoms with Crippen LogP contribution in [0.2, 0.25) is 0 Å². The largest absolute Gasteiger partial charge is 0.125 e. The van der Waals surface area contributed by atoms with Crippen LogP contribution in [0, 0.1) is 0 Å². The van der Waals surface area contributed by atoms with Crippen LogP contribution in [-0.2, 0) is 0 Å². The van der Waals surface area contributed by atoms with E-state index < -0.39 is 0 Å². The first-order chi connectivity index (χ1) is 46.3. The van der Waals surface area contributed by atoms with Gasteiger partial charge in [0.2, 0.25) is 0 Å². The van der Waals surface area contributed by atoms with Gasteiger partial charge in [0.1, 0.15) is 0 Å². The second kappa shape index (κ2) is 82.9. The molecule has 0 N–H and O–H groups in total. The Hall–Kier alpha value is 0.270. The van der Waals surface area contributed by atoms with Crippen molar-refractivity contribution in [1.82, 2.24) is 0 Å². The van der Waals surface area contributed by atoms with E-state index in [4.69, 9.17) is 0 Å². The number of unbranched alkanes of at least 4 members (excludes halogenated alkanes) is 75. The minimum atomic E-state index is 1.29. The van der Waals surface area contributed by atoms with Gasteiger partial charge in [0.25, 0.3) is 0 Å². The third-order valence-corrected chi connectivity index (χ3v) is 25.0. The van der Waals surface area contributed by atoms with Gasteiger partial charge >= 0.3 is 0 Å². The smallest absolute Gasteiger partial charge is 0.0344 e. The highest BCUT2D eigenvalue weighted by Gasteiger charge is 2.12. The molecular formula is C90H174S3. The third-order valence-electron chi connectivity index (χ3n) is 21.2. The summed E-state index contributed by atoms with van der Waals surface area (Å²) >= 11 is 6.58. The van der Waals surface area contributed by atoms with E-state index in [1.807, 2.05) is 0 Å². The van der Waals surface area contributed by atoms with Crippen molar-refractivity contribution in [3.05, 3.63) is 18.2 Å². The Kier molecular flexibility index (Phi) is 81.4. The van der Waals surface area contributed by atoms with E-state index in [-0.39, 0.29) is 0 Å². The van der Waals surface area contributed by atoms with E-state index in [1.165, 1.54) is 518 Å². The number of hydrogen-bond donors (Lipinski definition) is 0. The molecule has 0 atom stereocenters. The van der Waals surface area contributed by atoms with Crippen LogP contribution < -0.4 is 0 Å². The summed E-state index contributed by atoms with van der Waals surface area (Å²) in [6, 6.07) is 7.33. The number of rotatable bonds is 84. The molecule has 0 saturated carbocycles. The van der Waals surface area contributed by atoms with Crippen LogP contribution in [0.5, 0.6) is 0 Å². The van der Waals surface area contributed by atoms with Crippen molar-refractivity contribution in [1.29, 1.82) is 0 Å². The predicted octanol–water partition coefficient (Wildman–Crippen LogP) is 35.5. The molecule has 0 spiro atoms. The van der Waals surface area contributed by atoms with Gasteiger partial charge in [-0.05, 0) is 48.7 Å². The van der Waals surface area contributed by atoms with Crippen LogP contribution in [-0.4, -0.2) is 17.3 Å². The first-order valence-electron chi connectivity index (χ1n) is 44.3. The highest BCUT2D eigenvalue weighted by molar-refractivity contribution is 8.03. The summed E-state index contributed by atoms with van der Waals surface area (Å²) in [6.07, 6.45) is 114. The van der Waals surface area contributed by atoms with E-state index in [0.29, 0.717) is 0 Å². The van der Waals surface area contributed by atoms with Crippen molar-refractivity contribution < 1.29 is 0 Å². The van der Waals surface area contributed by atoms with E-state index >= 15 is 0 Å². The molecule has 1 aromatic rings. The van der Waals surface area contributed by atoms with Crippen molar-refractivity contribution >= 4 is 35.3 Å². The van der Waals surface area contributed by atoms with Crippen LogP contribution in [0.15, 0.2) is 32.9 Å². The fraction of sp³-hybridized carbons (Fsp3) is 0.933. The van der Waals surface area contributed by atoms with Gasteiger partial charge in [-0.15, -0.1) is 35.3 Å². The average molecular weight is 1350 g/mol. The monoisotopic (exact) mass is 1350 g/mol. The number of hydrogen-bond acceptors (Lipinski definition) is 3. The zero-order valence-corrected chi connectivity index (χ0v) is 67.2. The van der Waals surface area contributed by atoms with E-state index in [9.17, 15) is 0 Å². The second-order valence-electron chi connectivity index (χ2n) is 30.6. The Morgan fingerprint density at radius 2 is 0.269 bits per heavy atom. The molecule has 0 radical (unpaired) electrons. The van der Waals surface area contributed by atoms with Crippen LogP contribution in [0.3, 0.4) is 0 Å².